The Morgan fingerprint density at radius 2 is 1.86 bits per heavy atom. The molecule has 0 radical (unpaired) electrons. The van der Waals surface area contributed by atoms with Crippen LogP contribution < -0.4 is 5.56 Å². The summed E-state index contributed by atoms with van der Waals surface area (Å²) in [5.74, 6) is -0.660. The van der Waals surface area contributed by atoms with Crippen molar-refractivity contribution < 1.29 is 9.53 Å². The van der Waals surface area contributed by atoms with Crippen LogP contribution in [-0.2, 0) is 4.74 Å². The van der Waals surface area contributed by atoms with Gasteiger partial charge in [-0.25, -0.2) is 4.79 Å². The monoisotopic (exact) mass is 294 g/mol. The number of nitrogens with zero attached hydrogens (tertiary/aromatic N) is 2. The van der Waals surface area contributed by atoms with Crippen LogP contribution in [0.25, 0.3) is 16.6 Å². The molecule has 3 rings (SSSR count). The fourth-order valence-electron chi connectivity index (χ4n) is 2.36. The fraction of sp³-hybridized carbons (Fsp3) is 0.118. The largest absolute Gasteiger partial charge is 0.465 e. The standard InChI is InChI=1S/C17H14N2O3/c1-11-8-9-14-13(10-11)15(17(21)22-2)16(20)19(18-14)12-6-4-3-5-7-12/h3-10H,1-2H3. The maximum atomic E-state index is 12.7. The van der Waals surface area contributed by atoms with E-state index in [1.54, 1.807) is 36.4 Å². The third kappa shape index (κ3) is 2.26. The molecule has 5 nitrogen and oxygen atoms in total. The van der Waals surface area contributed by atoms with Crippen molar-refractivity contribution in [3.63, 3.8) is 0 Å². The number of carbonyl (C=O) groups is 1. The smallest absolute Gasteiger partial charge is 0.344 e. The van der Waals surface area contributed by atoms with Gasteiger partial charge in [-0.05, 0) is 31.2 Å². The summed E-state index contributed by atoms with van der Waals surface area (Å²) in [4.78, 5) is 24.8. The van der Waals surface area contributed by atoms with Crippen LogP contribution in [0.5, 0.6) is 0 Å². The first-order valence-corrected chi connectivity index (χ1v) is 6.79. The Bertz CT molecular complexity index is 914. The molecule has 0 aliphatic heterocycles. The Morgan fingerprint density at radius 1 is 1.14 bits per heavy atom. The first-order chi connectivity index (χ1) is 10.6. The Kier molecular flexibility index (Phi) is 3.47. The van der Waals surface area contributed by atoms with Crippen LogP contribution >= 0.6 is 0 Å². The number of rotatable bonds is 2. The van der Waals surface area contributed by atoms with Gasteiger partial charge in [-0.1, -0.05) is 29.8 Å². The molecule has 22 heavy (non-hydrogen) atoms. The molecular formula is C17H14N2O3. The molecule has 5 heteroatoms. The van der Waals surface area contributed by atoms with E-state index in [0.717, 1.165) is 5.56 Å². The summed E-state index contributed by atoms with van der Waals surface area (Å²) in [6, 6.07) is 14.4. The van der Waals surface area contributed by atoms with Gasteiger partial charge in [0.05, 0.1) is 18.3 Å². The van der Waals surface area contributed by atoms with Gasteiger partial charge in [-0.15, -0.1) is 0 Å². The Balaban J connectivity index is 2.42. The lowest BCUT2D eigenvalue weighted by Crippen LogP contribution is -2.28. The van der Waals surface area contributed by atoms with Gasteiger partial charge in [0.15, 0.2) is 0 Å². The molecule has 0 N–H and O–H groups in total. The molecule has 0 fully saturated rings. The van der Waals surface area contributed by atoms with Gasteiger partial charge >= 0.3 is 5.97 Å². The SMILES string of the molecule is COC(=O)c1c(=O)n(-c2ccccc2)nc2ccc(C)cc12. The van der Waals surface area contributed by atoms with Gasteiger partial charge < -0.3 is 4.74 Å². The number of hydrogen-bond acceptors (Lipinski definition) is 4. The van der Waals surface area contributed by atoms with Gasteiger partial charge in [0, 0.05) is 5.39 Å². The lowest BCUT2D eigenvalue weighted by atomic mass is 10.1. The van der Waals surface area contributed by atoms with Crippen molar-refractivity contribution in [1.82, 2.24) is 9.78 Å². The first kappa shape index (κ1) is 14.0. The predicted octanol–water partition coefficient (Wildman–Crippen LogP) is 2.48. The lowest BCUT2D eigenvalue weighted by molar-refractivity contribution is 0.0600. The third-order valence-corrected chi connectivity index (χ3v) is 3.43. The molecule has 3 aromatic rings. The van der Waals surface area contributed by atoms with E-state index in [-0.39, 0.29) is 5.56 Å². The summed E-state index contributed by atoms with van der Waals surface area (Å²) in [5, 5.41) is 4.86. The maximum absolute atomic E-state index is 12.7. The van der Waals surface area contributed by atoms with E-state index in [0.29, 0.717) is 16.6 Å². The van der Waals surface area contributed by atoms with E-state index < -0.39 is 11.5 Å². The molecule has 0 atom stereocenters. The minimum absolute atomic E-state index is 0.0000491. The van der Waals surface area contributed by atoms with Crippen molar-refractivity contribution >= 4 is 16.9 Å². The molecule has 0 saturated carbocycles. The van der Waals surface area contributed by atoms with Crippen molar-refractivity contribution in [2.75, 3.05) is 7.11 Å². The van der Waals surface area contributed by atoms with Crippen molar-refractivity contribution in [2.24, 2.45) is 0 Å². The minimum Gasteiger partial charge on any atom is -0.465 e. The van der Waals surface area contributed by atoms with Crippen LogP contribution in [0.2, 0.25) is 0 Å². The Morgan fingerprint density at radius 3 is 2.55 bits per heavy atom. The second-order valence-corrected chi connectivity index (χ2v) is 4.94. The van der Waals surface area contributed by atoms with Gasteiger partial charge in [0.25, 0.3) is 5.56 Å². The number of aromatic nitrogens is 2. The van der Waals surface area contributed by atoms with Crippen LogP contribution in [-0.4, -0.2) is 22.9 Å². The molecule has 0 aliphatic carbocycles. The Hall–Kier alpha value is -2.95. The zero-order valence-corrected chi connectivity index (χ0v) is 12.2. The molecule has 0 bridgehead atoms. The lowest BCUT2D eigenvalue weighted by Gasteiger charge is -2.10. The number of methoxy groups -OCH3 is 1. The number of hydrogen-bond donors (Lipinski definition) is 0. The number of esters is 1. The number of aryl methyl sites for hydroxylation is 1. The zero-order chi connectivity index (χ0) is 15.7. The molecule has 0 unspecified atom stereocenters. The molecule has 1 aromatic heterocycles. The quantitative estimate of drug-likeness (QED) is 0.681. The fourth-order valence-corrected chi connectivity index (χ4v) is 2.36. The number of fused-ring (bicyclic) bond motifs is 1. The molecule has 0 amide bonds. The highest BCUT2D eigenvalue weighted by Crippen LogP contribution is 2.17. The van der Waals surface area contributed by atoms with E-state index in [1.165, 1.54) is 11.8 Å². The summed E-state index contributed by atoms with van der Waals surface area (Å²) in [5.41, 5.74) is 1.61. The second kappa shape index (κ2) is 5.44. The highest BCUT2D eigenvalue weighted by molar-refractivity contribution is 6.03. The zero-order valence-electron chi connectivity index (χ0n) is 12.2. The molecule has 0 aliphatic rings. The molecule has 0 spiro atoms. The van der Waals surface area contributed by atoms with Gasteiger partial charge in [0.1, 0.15) is 5.56 Å². The number of carbonyl (C=O) groups excluding carboxylic acids is 1. The normalized spacial score (nSPS) is 10.6. The van der Waals surface area contributed by atoms with Crippen LogP contribution in [0.4, 0.5) is 0 Å². The number of benzene rings is 2. The average Bonchev–Trinajstić information content (AvgIpc) is 2.54. The molecule has 110 valence electrons. The minimum atomic E-state index is -0.660. The van der Waals surface area contributed by atoms with E-state index in [1.807, 2.05) is 19.1 Å². The highest BCUT2D eigenvalue weighted by atomic mass is 16.5. The Labute approximate surface area is 126 Å². The van der Waals surface area contributed by atoms with Crippen molar-refractivity contribution in [3.05, 3.63) is 70.0 Å². The van der Waals surface area contributed by atoms with E-state index in [4.69, 9.17) is 4.74 Å². The average molecular weight is 294 g/mol. The van der Waals surface area contributed by atoms with Crippen LogP contribution in [0.1, 0.15) is 15.9 Å². The van der Waals surface area contributed by atoms with Crippen LogP contribution in [0, 0.1) is 6.92 Å². The van der Waals surface area contributed by atoms with Gasteiger partial charge in [-0.2, -0.15) is 9.78 Å². The first-order valence-electron chi connectivity index (χ1n) is 6.79. The van der Waals surface area contributed by atoms with Crippen LogP contribution in [0.15, 0.2) is 53.3 Å². The predicted molar refractivity (Wildman–Crippen MR) is 83.4 cm³/mol. The van der Waals surface area contributed by atoms with E-state index in [2.05, 4.69) is 5.10 Å². The molecular weight excluding hydrogens is 280 g/mol. The summed E-state index contributed by atoms with van der Waals surface area (Å²) in [7, 11) is 1.26. The van der Waals surface area contributed by atoms with Crippen molar-refractivity contribution in [3.8, 4) is 5.69 Å². The molecule has 0 saturated heterocycles. The summed E-state index contributed by atoms with van der Waals surface area (Å²) >= 11 is 0. The number of para-hydroxylation sites is 1. The van der Waals surface area contributed by atoms with E-state index in [9.17, 15) is 9.59 Å². The maximum Gasteiger partial charge on any atom is 0.344 e. The third-order valence-electron chi connectivity index (χ3n) is 3.43. The van der Waals surface area contributed by atoms with E-state index >= 15 is 0 Å². The summed E-state index contributed by atoms with van der Waals surface area (Å²) in [6.45, 7) is 1.89. The highest BCUT2D eigenvalue weighted by Gasteiger charge is 2.19. The van der Waals surface area contributed by atoms with Crippen LogP contribution in [0.3, 0.4) is 0 Å². The van der Waals surface area contributed by atoms with Crippen molar-refractivity contribution in [1.29, 1.82) is 0 Å². The molecule has 1 heterocycles. The summed E-state index contributed by atoms with van der Waals surface area (Å²) < 4.78 is 6.00. The summed E-state index contributed by atoms with van der Waals surface area (Å²) in [6.07, 6.45) is 0. The molecule has 2 aromatic carbocycles. The van der Waals surface area contributed by atoms with Gasteiger partial charge in [0.2, 0.25) is 0 Å². The second-order valence-electron chi connectivity index (χ2n) is 4.94. The van der Waals surface area contributed by atoms with Crippen molar-refractivity contribution in [2.45, 2.75) is 6.92 Å². The topological polar surface area (TPSA) is 61.2 Å². The number of ether oxygens (including phenoxy) is 1. The van der Waals surface area contributed by atoms with Gasteiger partial charge in [-0.3, -0.25) is 4.79 Å².